The maximum atomic E-state index is 12.2. The van der Waals surface area contributed by atoms with Gasteiger partial charge in [-0.1, -0.05) is 0 Å². The standard InChI is InChI=1S/C14H18N2O5S2/c1-21-14-8-13-10(7-11(14)15-22(2,17)18)9-5-4-6-12(9)16(13)23(3,19)20/h7-8,15H,4-6H2,1-3H3. The van der Waals surface area contributed by atoms with Gasteiger partial charge in [-0.05, 0) is 30.9 Å². The van der Waals surface area contributed by atoms with Crippen LogP contribution in [-0.4, -0.2) is 40.4 Å². The lowest BCUT2D eigenvalue weighted by Gasteiger charge is -2.12. The predicted octanol–water partition coefficient (Wildman–Crippen LogP) is 1.32. The fraction of sp³-hybridized carbons (Fsp3) is 0.429. The van der Waals surface area contributed by atoms with Crippen LogP contribution >= 0.6 is 0 Å². The van der Waals surface area contributed by atoms with Crippen molar-refractivity contribution < 1.29 is 21.6 Å². The molecule has 0 saturated carbocycles. The molecule has 9 heteroatoms. The molecule has 0 radical (unpaired) electrons. The zero-order chi connectivity index (χ0) is 17.0. The summed E-state index contributed by atoms with van der Waals surface area (Å²) in [5.74, 6) is 0.281. The number of aryl methyl sites for hydroxylation is 1. The highest BCUT2D eigenvalue weighted by atomic mass is 32.2. The molecule has 7 nitrogen and oxygen atoms in total. The van der Waals surface area contributed by atoms with Gasteiger partial charge in [0.15, 0.2) is 0 Å². The van der Waals surface area contributed by atoms with Crippen LogP contribution in [0.2, 0.25) is 0 Å². The Morgan fingerprint density at radius 3 is 2.39 bits per heavy atom. The minimum Gasteiger partial charge on any atom is -0.494 e. The summed E-state index contributed by atoms with van der Waals surface area (Å²) in [6.07, 6.45) is 4.58. The summed E-state index contributed by atoms with van der Waals surface area (Å²) in [5, 5.41) is 0.745. The van der Waals surface area contributed by atoms with Crippen molar-refractivity contribution in [2.24, 2.45) is 0 Å². The number of hydrogen-bond donors (Lipinski definition) is 1. The van der Waals surface area contributed by atoms with Gasteiger partial charge in [-0.3, -0.25) is 4.72 Å². The molecular formula is C14H18N2O5S2. The van der Waals surface area contributed by atoms with Crippen molar-refractivity contribution in [3.05, 3.63) is 23.4 Å². The molecular weight excluding hydrogens is 340 g/mol. The number of rotatable bonds is 4. The van der Waals surface area contributed by atoms with Crippen LogP contribution in [0.1, 0.15) is 17.7 Å². The van der Waals surface area contributed by atoms with Crippen LogP contribution in [0.5, 0.6) is 5.75 Å². The molecule has 0 fully saturated rings. The number of nitrogens with one attached hydrogen (secondary N) is 1. The number of hydrogen-bond acceptors (Lipinski definition) is 5. The highest BCUT2D eigenvalue weighted by Crippen LogP contribution is 2.39. The first kappa shape index (κ1) is 16.1. The Hall–Kier alpha value is -1.74. The van der Waals surface area contributed by atoms with E-state index in [1.807, 2.05) is 0 Å². The van der Waals surface area contributed by atoms with E-state index in [0.29, 0.717) is 17.6 Å². The largest absolute Gasteiger partial charge is 0.494 e. The molecule has 0 aliphatic heterocycles. The SMILES string of the molecule is COc1cc2c(cc1NS(C)(=O)=O)c1c(n2S(C)(=O)=O)CCC1. The molecule has 2 aromatic rings. The summed E-state index contributed by atoms with van der Waals surface area (Å²) in [6.45, 7) is 0. The van der Waals surface area contributed by atoms with Crippen molar-refractivity contribution in [3.63, 3.8) is 0 Å². The van der Waals surface area contributed by atoms with E-state index in [0.717, 1.165) is 35.7 Å². The van der Waals surface area contributed by atoms with E-state index < -0.39 is 20.0 Å². The van der Waals surface area contributed by atoms with Gasteiger partial charge in [0.1, 0.15) is 5.75 Å². The maximum absolute atomic E-state index is 12.2. The van der Waals surface area contributed by atoms with Gasteiger partial charge in [0, 0.05) is 17.1 Å². The van der Waals surface area contributed by atoms with Gasteiger partial charge in [0.2, 0.25) is 20.0 Å². The third-order valence-corrected chi connectivity index (χ3v) is 5.59. The van der Waals surface area contributed by atoms with Crippen molar-refractivity contribution in [2.45, 2.75) is 19.3 Å². The summed E-state index contributed by atoms with van der Waals surface area (Å²) in [6, 6.07) is 3.23. The van der Waals surface area contributed by atoms with Gasteiger partial charge in [-0.15, -0.1) is 0 Å². The first-order chi connectivity index (χ1) is 10.6. The third-order valence-electron chi connectivity index (χ3n) is 3.92. The molecule has 1 heterocycles. The van der Waals surface area contributed by atoms with Crippen LogP contribution in [0.4, 0.5) is 5.69 Å². The van der Waals surface area contributed by atoms with Gasteiger partial charge in [0.05, 0.1) is 30.8 Å². The fourth-order valence-corrected chi connectivity index (χ4v) is 4.86. The lowest BCUT2D eigenvalue weighted by atomic mass is 10.1. The second kappa shape index (κ2) is 5.13. The zero-order valence-electron chi connectivity index (χ0n) is 13.1. The van der Waals surface area contributed by atoms with Crippen molar-refractivity contribution in [1.29, 1.82) is 0 Å². The van der Waals surface area contributed by atoms with Gasteiger partial charge < -0.3 is 4.74 Å². The van der Waals surface area contributed by atoms with Crippen molar-refractivity contribution in [1.82, 2.24) is 3.97 Å². The topological polar surface area (TPSA) is 94.5 Å². The Balaban J connectivity index is 2.37. The van der Waals surface area contributed by atoms with Gasteiger partial charge in [-0.2, -0.15) is 0 Å². The van der Waals surface area contributed by atoms with E-state index in [1.165, 1.54) is 17.3 Å². The second-order valence-electron chi connectivity index (χ2n) is 5.75. The van der Waals surface area contributed by atoms with Crippen molar-refractivity contribution in [3.8, 4) is 5.75 Å². The van der Waals surface area contributed by atoms with Crippen LogP contribution in [0.15, 0.2) is 12.1 Å². The highest BCUT2D eigenvalue weighted by Gasteiger charge is 2.27. The number of sulfonamides is 1. The highest BCUT2D eigenvalue weighted by molar-refractivity contribution is 7.92. The molecule has 0 spiro atoms. The van der Waals surface area contributed by atoms with E-state index >= 15 is 0 Å². The molecule has 1 N–H and O–H groups in total. The number of aromatic nitrogens is 1. The lowest BCUT2D eigenvalue weighted by molar-refractivity contribution is 0.417. The van der Waals surface area contributed by atoms with Gasteiger partial charge in [-0.25, -0.2) is 20.8 Å². The molecule has 0 unspecified atom stereocenters. The first-order valence-electron chi connectivity index (χ1n) is 7.04. The summed E-state index contributed by atoms with van der Waals surface area (Å²) >= 11 is 0. The molecule has 1 aliphatic carbocycles. The minimum atomic E-state index is -3.47. The lowest BCUT2D eigenvalue weighted by Crippen LogP contribution is -2.13. The first-order valence-corrected chi connectivity index (χ1v) is 10.8. The molecule has 126 valence electrons. The number of benzene rings is 1. The second-order valence-corrected chi connectivity index (χ2v) is 9.33. The number of methoxy groups -OCH3 is 1. The molecule has 3 rings (SSSR count). The van der Waals surface area contributed by atoms with Gasteiger partial charge >= 0.3 is 0 Å². The smallest absolute Gasteiger partial charge is 0.236 e. The normalized spacial score (nSPS) is 14.9. The number of nitrogens with zero attached hydrogens (tertiary/aromatic N) is 1. The van der Waals surface area contributed by atoms with Crippen LogP contribution in [0, 0.1) is 0 Å². The average Bonchev–Trinajstić information content (AvgIpc) is 2.94. The van der Waals surface area contributed by atoms with Crippen molar-refractivity contribution >= 4 is 36.6 Å². The molecule has 0 bridgehead atoms. The van der Waals surface area contributed by atoms with E-state index in [-0.39, 0.29) is 5.75 Å². The molecule has 0 atom stereocenters. The quantitative estimate of drug-likeness (QED) is 0.889. The number of anilines is 1. The van der Waals surface area contributed by atoms with E-state index in [2.05, 4.69) is 4.72 Å². The monoisotopic (exact) mass is 358 g/mol. The maximum Gasteiger partial charge on any atom is 0.236 e. The van der Waals surface area contributed by atoms with E-state index in [4.69, 9.17) is 4.74 Å². The van der Waals surface area contributed by atoms with Crippen LogP contribution in [0.25, 0.3) is 10.9 Å². The fourth-order valence-electron chi connectivity index (χ4n) is 3.19. The van der Waals surface area contributed by atoms with Crippen molar-refractivity contribution in [2.75, 3.05) is 24.3 Å². The van der Waals surface area contributed by atoms with Crippen LogP contribution in [-0.2, 0) is 32.9 Å². The molecule has 1 aromatic heterocycles. The Morgan fingerprint density at radius 1 is 1.13 bits per heavy atom. The Bertz CT molecular complexity index is 1000. The van der Waals surface area contributed by atoms with Crippen LogP contribution in [0.3, 0.4) is 0 Å². The molecule has 0 saturated heterocycles. The van der Waals surface area contributed by atoms with E-state index in [9.17, 15) is 16.8 Å². The summed E-state index contributed by atoms with van der Waals surface area (Å²) in [7, 11) is -5.52. The number of ether oxygens (including phenoxy) is 1. The summed E-state index contributed by atoms with van der Waals surface area (Å²) in [5.41, 5.74) is 2.57. The van der Waals surface area contributed by atoms with Gasteiger partial charge in [0.25, 0.3) is 0 Å². The summed E-state index contributed by atoms with van der Waals surface area (Å²) in [4.78, 5) is 0. The average molecular weight is 358 g/mol. The third kappa shape index (κ3) is 2.78. The molecule has 1 aliphatic rings. The zero-order valence-corrected chi connectivity index (χ0v) is 14.7. The molecule has 0 amide bonds. The number of fused-ring (bicyclic) bond motifs is 3. The van der Waals surface area contributed by atoms with Crippen LogP contribution < -0.4 is 9.46 Å². The predicted molar refractivity (Wildman–Crippen MR) is 89.2 cm³/mol. The molecule has 1 aromatic carbocycles. The summed E-state index contributed by atoms with van der Waals surface area (Å²) < 4.78 is 56.5. The molecule has 23 heavy (non-hydrogen) atoms. The minimum absolute atomic E-state index is 0.281. The Morgan fingerprint density at radius 2 is 1.83 bits per heavy atom. The van der Waals surface area contributed by atoms with E-state index in [1.54, 1.807) is 12.1 Å². The Kier molecular flexibility index (Phi) is 3.60. The Labute approximate surface area is 135 Å².